The molecule has 0 radical (unpaired) electrons. The molecule has 1 aliphatic heterocycles. The van der Waals surface area contributed by atoms with Crippen molar-refractivity contribution < 1.29 is 41.4 Å². The van der Waals surface area contributed by atoms with Gasteiger partial charge in [-0.05, 0) is 44.4 Å². The summed E-state index contributed by atoms with van der Waals surface area (Å²) in [4.78, 5) is 19.3. The fourth-order valence-corrected chi connectivity index (χ4v) is 4.24. The summed E-state index contributed by atoms with van der Waals surface area (Å²) in [5, 5.41) is 10.0. The number of halogens is 4. The van der Waals surface area contributed by atoms with Crippen LogP contribution in [0, 0.1) is 17.2 Å². The van der Waals surface area contributed by atoms with Crippen molar-refractivity contribution in [2.75, 3.05) is 33.4 Å². The van der Waals surface area contributed by atoms with Gasteiger partial charge in [0.2, 0.25) is 5.92 Å². The molecule has 0 aromatic heterocycles. The number of hydrogen-bond donors (Lipinski definition) is 1. The maximum atomic E-state index is 13.1. The highest BCUT2D eigenvalue weighted by atomic mass is 19.3. The van der Waals surface area contributed by atoms with E-state index in [1.807, 2.05) is 4.90 Å². The minimum absolute atomic E-state index is 0.0163. The average molecular weight is 518 g/mol. The van der Waals surface area contributed by atoms with Crippen molar-refractivity contribution in [3.05, 3.63) is 23.8 Å². The van der Waals surface area contributed by atoms with Crippen LogP contribution < -0.4 is 15.0 Å². The number of benzene rings is 1. The lowest BCUT2D eigenvalue weighted by Gasteiger charge is -2.37. The van der Waals surface area contributed by atoms with Crippen LogP contribution in [0.4, 0.5) is 17.6 Å². The molecule has 1 N–H and O–H groups in total. The largest absolute Gasteiger partial charge is 0.489 e. The summed E-state index contributed by atoms with van der Waals surface area (Å²) in [5.41, 5.74) is 1.96. The van der Waals surface area contributed by atoms with E-state index in [-0.39, 0.29) is 49.3 Å². The number of nitrogens with zero attached hydrogens (tertiary/aromatic N) is 2. The molecule has 200 valence electrons. The predicted molar refractivity (Wildman–Crippen MR) is 120 cm³/mol. The third-order valence-electron chi connectivity index (χ3n) is 6.55. The van der Waals surface area contributed by atoms with Crippen molar-refractivity contribution in [3.8, 4) is 17.6 Å². The highest BCUT2D eigenvalue weighted by Crippen LogP contribution is 2.44. The molecule has 1 aromatic rings. The fraction of sp³-hybridized carbons (Fsp3) is 0.667. The van der Waals surface area contributed by atoms with E-state index in [1.54, 1.807) is 13.8 Å². The van der Waals surface area contributed by atoms with Gasteiger partial charge in [0.15, 0.2) is 17.3 Å². The Bertz CT molecular complexity index is 954. The first-order valence-corrected chi connectivity index (χ1v) is 11.6. The van der Waals surface area contributed by atoms with Crippen molar-refractivity contribution >= 4 is 5.91 Å². The summed E-state index contributed by atoms with van der Waals surface area (Å²) in [6.07, 6.45) is 0.115. The van der Waals surface area contributed by atoms with Crippen LogP contribution >= 0.6 is 0 Å². The van der Waals surface area contributed by atoms with Crippen molar-refractivity contribution in [3.63, 3.8) is 0 Å². The van der Waals surface area contributed by atoms with Crippen LogP contribution in [-0.2, 0) is 19.8 Å². The molecule has 2 fully saturated rings. The normalized spacial score (nSPS) is 19.9. The first-order chi connectivity index (χ1) is 16.9. The molecule has 3 rings (SSSR count). The van der Waals surface area contributed by atoms with E-state index in [9.17, 15) is 27.6 Å². The van der Waals surface area contributed by atoms with Gasteiger partial charge in [-0.25, -0.2) is 19.1 Å². The van der Waals surface area contributed by atoms with Crippen molar-refractivity contribution in [1.29, 1.82) is 5.26 Å². The summed E-state index contributed by atoms with van der Waals surface area (Å²) in [6, 6.07) is 6.65. The van der Waals surface area contributed by atoms with Crippen LogP contribution in [0.2, 0.25) is 0 Å². The zero-order valence-corrected chi connectivity index (χ0v) is 20.5. The van der Waals surface area contributed by atoms with Crippen LogP contribution in [0.25, 0.3) is 0 Å². The number of nitriles is 1. The van der Waals surface area contributed by atoms with Gasteiger partial charge >= 0.3 is 6.61 Å². The second-order valence-corrected chi connectivity index (χ2v) is 9.68. The monoisotopic (exact) mass is 517 g/mol. The number of rotatable bonds is 11. The van der Waals surface area contributed by atoms with E-state index in [4.69, 9.17) is 14.3 Å². The topological polar surface area (TPSA) is 93.1 Å². The molecule has 1 saturated heterocycles. The third-order valence-corrected chi connectivity index (χ3v) is 6.55. The summed E-state index contributed by atoms with van der Waals surface area (Å²) in [7, 11) is 1.45. The van der Waals surface area contributed by atoms with Crippen molar-refractivity contribution in [2.24, 2.45) is 5.92 Å². The fourth-order valence-electron chi connectivity index (χ4n) is 4.24. The smallest absolute Gasteiger partial charge is 0.387 e. The molecular formula is C24H31F4N3O5. The molecule has 36 heavy (non-hydrogen) atoms. The Morgan fingerprint density at radius 2 is 1.92 bits per heavy atom. The molecule has 0 atom stereocenters. The molecule has 1 saturated carbocycles. The van der Waals surface area contributed by atoms with Gasteiger partial charge in [0.05, 0.1) is 24.6 Å². The van der Waals surface area contributed by atoms with E-state index < -0.39 is 23.7 Å². The van der Waals surface area contributed by atoms with E-state index in [1.165, 1.54) is 25.3 Å². The predicted octanol–water partition coefficient (Wildman–Crippen LogP) is 4.00. The summed E-state index contributed by atoms with van der Waals surface area (Å²) < 4.78 is 67.2. The number of carbonyl (C=O) groups excluding carboxylic acids is 1. The molecule has 1 amide bonds. The molecular weight excluding hydrogens is 486 g/mol. The minimum atomic E-state index is -3.09. The van der Waals surface area contributed by atoms with Crippen LogP contribution in [0.15, 0.2) is 18.2 Å². The number of amides is 1. The molecule has 1 aliphatic carbocycles. The molecule has 12 heteroatoms. The molecule has 0 bridgehead atoms. The maximum absolute atomic E-state index is 13.1. The SMILES string of the molecule is COC(C)(C)ONC(=O)CN1CCC(C#N)(c2ccc(OC(F)F)c(OCC3CC(F)(F)C3)c2)CC1. The quantitative estimate of drug-likeness (QED) is 0.270. The van der Waals surface area contributed by atoms with Crippen LogP contribution in [0.1, 0.15) is 45.1 Å². The number of methoxy groups -OCH3 is 1. The summed E-state index contributed by atoms with van der Waals surface area (Å²) in [6.45, 7) is 1.04. The summed E-state index contributed by atoms with van der Waals surface area (Å²) >= 11 is 0. The lowest BCUT2D eigenvalue weighted by atomic mass is 9.74. The zero-order chi connectivity index (χ0) is 26.6. The number of carbonyl (C=O) groups is 1. The Hall–Kier alpha value is -2.62. The number of ether oxygens (including phenoxy) is 3. The molecule has 1 aromatic carbocycles. The maximum Gasteiger partial charge on any atom is 0.387 e. The Morgan fingerprint density at radius 3 is 2.47 bits per heavy atom. The Balaban J connectivity index is 1.65. The van der Waals surface area contributed by atoms with Gasteiger partial charge in [-0.2, -0.15) is 14.0 Å². The lowest BCUT2D eigenvalue weighted by Crippen LogP contribution is -2.47. The van der Waals surface area contributed by atoms with Gasteiger partial charge in [0.25, 0.3) is 5.91 Å². The van der Waals surface area contributed by atoms with Gasteiger partial charge in [0, 0.05) is 39.0 Å². The molecule has 2 aliphatic rings. The minimum Gasteiger partial charge on any atom is -0.489 e. The molecule has 0 spiro atoms. The van der Waals surface area contributed by atoms with E-state index in [0.29, 0.717) is 31.5 Å². The van der Waals surface area contributed by atoms with Crippen molar-refractivity contribution in [1.82, 2.24) is 10.4 Å². The van der Waals surface area contributed by atoms with E-state index in [0.717, 1.165) is 0 Å². The number of likely N-dealkylation sites (tertiary alicyclic amines) is 1. The lowest BCUT2D eigenvalue weighted by molar-refractivity contribution is -0.231. The van der Waals surface area contributed by atoms with Gasteiger partial charge in [-0.15, -0.1) is 0 Å². The highest BCUT2D eigenvalue weighted by Gasteiger charge is 2.45. The van der Waals surface area contributed by atoms with Crippen molar-refractivity contribution in [2.45, 2.75) is 63.3 Å². The Labute approximate surface area is 207 Å². The second-order valence-electron chi connectivity index (χ2n) is 9.68. The first-order valence-electron chi connectivity index (χ1n) is 11.6. The molecule has 1 heterocycles. The zero-order valence-electron chi connectivity index (χ0n) is 20.5. The first kappa shape index (κ1) is 28.0. The number of hydroxylamine groups is 1. The number of hydrogen-bond acceptors (Lipinski definition) is 7. The van der Waals surface area contributed by atoms with Gasteiger partial charge in [-0.1, -0.05) is 6.07 Å². The van der Waals surface area contributed by atoms with Gasteiger partial charge < -0.3 is 14.2 Å². The van der Waals surface area contributed by atoms with Crippen LogP contribution in [0.5, 0.6) is 11.5 Å². The number of piperidine rings is 1. The van der Waals surface area contributed by atoms with Gasteiger partial charge in [-0.3, -0.25) is 9.69 Å². The Kier molecular flexibility index (Phi) is 8.69. The Morgan fingerprint density at radius 1 is 1.25 bits per heavy atom. The van der Waals surface area contributed by atoms with Gasteiger partial charge in [0.1, 0.15) is 0 Å². The average Bonchev–Trinajstić information content (AvgIpc) is 2.81. The highest BCUT2D eigenvalue weighted by molar-refractivity contribution is 5.77. The van der Waals surface area contributed by atoms with E-state index >= 15 is 0 Å². The van der Waals surface area contributed by atoms with Crippen LogP contribution in [-0.4, -0.2) is 62.5 Å². The molecule has 0 unspecified atom stereocenters. The number of nitrogens with one attached hydrogen (secondary N) is 1. The standard InChI is InChI=1S/C24H31F4N3O5/c1-22(2,33-3)36-30-20(32)13-31-8-6-23(15-29,7-9-31)17-4-5-18(35-21(25)26)19(10-17)34-14-16-11-24(27,28)12-16/h4-5,10,16,21H,6-9,11-14H2,1-3H3,(H,30,32). The summed E-state index contributed by atoms with van der Waals surface area (Å²) in [5.74, 6) is -4.69. The number of alkyl halides is 4. The van der Waals surface area contributed by atoms with E-state index in [2.05, 4.69) is 16.3 Å². The van der Waals surface area contributed by atoms with Crippen LogP contribution in [0.3, 0.4) is 0 Å². The third kappa shape index (κ3) is 7.21. The molecule has 8 nitrogen and oxygen atoms in total. The second kappa shape index (κ2) is 11.2.